The van der Waals surface area contributed by atoms with E-state index in [0.29, 0.717) is 44.8 Å². The number of methoxy groups -OCH3 is 1. The lowest BCUT2D eigenvalue weighted by Crippen LogP contribution is -2.12. The highest BCUT2D eigenvalue weighted by molar-refractivity contribution is 6.32. The highest BCUT2D eigenvalue weighted by Crippen LogP contribution is 2.36. The smallest absolute Gasteiger partial charge is 0.277 e. The van der Waals surface area contributed by atoms with Crippen LogP contribution in [0.25, 0.3) is 11.0 Å². The van der Waals surface area contributed by atoms with Gasteiger partial charge in [0.1, 0.15) is 17.3 Å². The Morgan fingerprint density at radius 1 is 1.20 bits per heavy atom. The lowest BCUT2D eigenvalue weighted by molar-refractivity contribution is 0.417. The highest BCUT2D eigenvalue weighted by Gasteiger charge is 2.16. The number of nitriles is 1. The van der Waals surface area contributed by atoms with Gasteiger partial charge in [0.25, 0.3) is 5.56 Å². The number of nitrogens with zero attached hydrogens (tertiary/aromatic N) is 5. The number of aromatic amines is 1. The van der Waals surface area contributed by atoms with E-state index in [4.69, 9.17) is 21.6 Å². The molecule has 30 heavy (non-hydrogen) atoms. The van der Waals surface area contributed by atoms with Crippen LogP contribution in [0.15, 0.2) is 41.5 Å². The van der Waals surface area contributed by atoms with Crippen LogP contribution in [-0.4, -0.2) is 31.8 Å². The molecule has 3 N–H and O–H groups in total. The van der Waals surface area contributed by atoms with Crippen molar-refractivity contribution in [3.8, 4) is 11.8 Å². The van der Waals surface area contributed by atoms with Crippen molar-refractivity contribution in [2.24, 2.45) is 7.05 Å². The average molecular weight is 423 g/mol. The Kier molecular flexibility index (Phi) is 4.95. The van der Waals surface area contributed by atoms with Gasteiger partial charge in [-0.25, -0.2) is 9.97 Å². The molecule has 0 bridgehead atoms. The van der Waals surface area contributed by atoms with E-state index in [1.807, 2.05) is 6.07 Å². The van der Waals surface area contributed by atoms with Crippen LogP contribution in [0.2, 0.25) is 5.02 Å². The van der Waals surface area contributed by atoms with Gasteiger partial charge < -0.3 is 15.4 Å². The molecule has 3 heterocycles. The van der Waals surface area contributed by atoms with Gasteiger partial charge in [-0.05, 0) is 12.1 Å². The van der Waals surface area contributed by atoms with Gasteiger partial charge in [0.05, 0.1) is 35.9 Å². The Morgan fingerprint density at radius 3 is 2.80 bits per heavy atom. The highest BCUT2D eigenvalue weighted by atomic mass is 35.5. The van der Waals surface area contributed by atoms with Crippen molar-refractivity contribution in [2.45, 2.75) is 0 Å². The number of aromatic nitrogens is 5. The maximum atomic E-state index is 12.6. The zero-order chi connectivity index (χ0) is 21.3. The van der Waals surface area contributed by atoms with E-state index < -0.39 is 0 Å². The van der Waals surface area contributed by atoms with Crippen LogP contribution < -0.4 is 20.9 Å². The molecule has 0 saturated heterocycles. The van der Waals surface area contributed by atoms with Crippen LogP contribution in [0.1, 0.15) is 5.69 Å². The summed E-state index contributed by atoms with van der Waals surface area (Å²) in [5.74, 6) is 1.17. The number of H-pyrrole nitrogens is 1. The van der Waals surface area contributed by atoms with E-state index in [-0.39, 0.29) is 11.3 Å². The summed E-state index contributed by atoms with van der Waals surface area (Å²) in [6.07, 6.45) is 2.82. The summed E-state index contributed by atoms with van der Waals surface area (Å²) in [7, 11) is 3.11. The Bertz CT molecular complexity index is 1360. The third kappa shape index (κ3) is 3.49. The van der Waals surface area contributed by atoms with Crippen molar-refractivity contribution >= 4 is 45.6 Å². The quantitative estimate of drug-likeness (QED) is 0.446. The first-order valence-corrected chi connectivity index (χ1v) is 9.06. The van der Waals surface area contributed by atoms with E-state index in [1.165, 1.54) is 24.2 Å². The van der Waals surface area contributed by atoms with Crippen molar-refractivity contribution < 1.29 is 4.74 Å². The molecule has 4 aromatic rings. The first-order chi connectivity index (χ1) is 14.5. The molecule has 4 rings (SSSR count). The van der Waals surface area contributed by atoms with Crippen LogP contribution in [0.3, 0.4) is 0 Å². The number of rotatable bonds is 5. The monoisotopic (exact) mass is 422 g/mol. The largest absolute Gasteiger partial charge is 0.493 e. The first-order valence-electron chi connectivity index (χ1n) is 8.68. The minimum absolute atomic E-state index is 0.163. The molecule has 0 radical (unpaired) electrons. The summed E-state index contributed by atoms with van der Waals surface area (Å²) >= 11 is 6.21. The Labute approximate surface area is 175 Å². The van der Waals surface area contributed by atoms with Crippen LogP contribution in [0, 0.1) is 11.3 Å². The molecule has 10 nitrogen and oxygen atoms in total. The van der Waals surface area contributed by atoms with E-state index in [1.54, 1.807) is 31.3 Å². The molecule has 0 aliphatic heterocycles. The van der Waals surface area contributed by atoms with Crippen LogP contribution in [0.5, 0.6) is 5.75 Å². The molecule has 150 valence electrons. The lowest BCUT2D eigenvalue weighted by Gasteiger charge is -2.14. The number of para-hydroxylation sites is 1. The molecule has 0 aliphatic rings. The summed E-state index contributed by atoms with van der Waals surface area (Å²) in [5, 5.41) is 18.9. The van der Waals surface area contributed by atoms with E-state index in [0.717, 1.165) is 0 Å². The van der Waals surface area contributed by atoms with Gasteiger partial charge in [-0.2, -0.15) is 5.26 Å². The number of aryl methyl sites for hydroxylation is 1. The molecule has 0 saturated carbocycles. The summed E-state index contributed by atoms with van der Waals surface area (Å²) in [6, 6.07) is 8.84. The van der Waals surface area contributed by atoms with Crippen molar-refractivity contribution in [1.29, 1.82) is 5.26 Å². The van der Waals surface area contributed by atoms with Gasteiger partial charge in [-0.1, -0.05) is 17.7 Å². The number of hydrogen-bond donors (Lipinski definition) is 3. The SMILES string of the molecule is COc1c(Cl)cccc1Nc1cc(Nc2cncc(C#N)n2)nc2[nH]n(C)c(=O)c12. The molecule has 0 atom stereocenters. The molecule has 0 unspecified atom stereocenters. The molecular weight excluding hydrogens is 408 g/mol. The minimum atomic E-state index is -0.251. The fourth-order valence-corrected chi connectivity index (χ4v) is 3.21. The second-order valence-corrected chi connectivity index (χ2v) is 6.63. The number of hydrogen-bond acceptors (Lipinski definition) is 8. The van der Waals surface area contributed by atoms with E-state index in [2.05, 4.69) is 30.7 Å². The number of halogens is 1. The number of ether oxygens (including phenoxy) is 1. The number of pyridine rings is 1. The number of nitrogens with one attached hydrogen (secondary N) is 3. The molecule has 0 amide bonds. The maximum Gasteiger partial charge on any atom is 0.277 e. The standard InChI is InChI=1S/C19H15ClN8O2/c1-28-19(29)16-13(24-12-5-3-4-11(20)17(12)30-2)6-14(26-18(16)27-28)25-15-9-22-8-10(7-21)23-15/h3-6,8-9H,1-2H3,(H3,23,24,25,26,27). The molecule has 0 fully saturated rings. The predicted molar refractivity (Wildman–Crippen MR) is 113 cm³/mol. The summed E-state index contributed by atoms with van der Waals surface area (Å²) < 4.78 is 6.71. The second-order valence-electron chi connectivity index (χ2n) is 6.23. The summed E-state index contributed by atoms with van der Waals surface area (Å²) in [6.45, 7) is 0. The fourth-order valence-electron chi connectivity index (χ4n) is 2.95. The molecule has 3 aromatic heterocycles. The molecule has 1 aromatic carbocycles. The average Bonchev–Trinajstić information content (AvgIpc) is 3.02. The van der Waals surface area contributed by atoms with E-state index >= 15 is 0 Å². The summed E-state index contributed by atoms with van der Waals surface area (Å²) in [4.78, 5) is 25.2. The van der Waals surface area contributed by atoms with Crippen LogP contribution >= 0.6 is 11.6 Å². The van der Waals surface area contributed by atoms with Gasteiger partial charge >= 0.3 is 0 Å². The predicted octanol–water partition coefficient (Wildman–Crippen LogP) is 3.07. The van der Waals surface area contributed by atoms with E-state index in [9.17, 15) is 4.79 Å². The van der Waals surface area contributed by atoms with Crippen molar-refractivity contribution in [1.82, 2.24) is 24.7 Å². The lowest BCUT2D eigenvalue weighted by atomic mass is 10.2. The normalized spacial score (nSPS) is 10.6. The Morgan fingerprint density at radius 2 is 2.03 bits per heavy atom. The molecular formula is C19H15ClN8O2. The van der Waals surface area contributed by atoms with Gasteiger partial charge in [0.15, 0.2) is 22.9 Å². The topological polar surface area (TPSA) is 134 Å². The van der Waals surface area contributed by atoms with Crippen LogP contribution in [0.4, 0.5) is 23.0 Å². The van der Waals surface area contributed by atoms with Gasteiger partial charge in [-0.3, -0.25) is 19.6 Å². The summed E-state index contributed by atoms with van der Waals surface area (Å²) in [5.41, 5.74) is 1.34. The van der Waals surface area contributed by atoms with Crippen molar-refractivity contribution in [2.75, 3.05) is 17.7 Å². The third-order valence-corrected chi connectivity index (χ3v) is 4.55. The van der Waals surface area contributed by atoms with Gasteiger partial charge in [0, 0.05) is 13.1 Å². The van der Waals surface area contributed by atoms with Crippen LogP contribution in [-0.2, 0) is 7.05 Å². The zero-order valence-corrected chi connectivity index (χ0v) is 16.7. The first kappa shape index (κ1) is 19.2. The van der Waals surface area contributed by atoms with Crippen molar-refractivity contribution in [3.63, 3.8) is 0 Å². The zero-order valence-electron chi connectivity index (χ0n) is 15.9. The minimum Gasteiger partial charge on any atom is -0.493 e. The van der Waals surface area contributed by atoms with Gasteiger partial charge in [-0.15, -0.1) is 0 Å². The molecule has 0 spiro atoms. The van der Waals surface area contributed by atoms with Gasteiger partial charge in [0.2, 0.25) is 0 Å². The molecule has 0 aliphatic carbocycles. The Balaban J connectivity index is 1.83. The Hall–Kier alpha value is -4.10. The molecule has 11 heteroatoms. The second kappa shape index (κ2) is 7.73. The fraction of sp³-hybridized carbons (Fsp3) is 0.105. The van der Waals surface area contributed by atoms with Crippen molar-refractivity contribution in [3.05, 3.63) is 57.7 Å². The number of anilines is 4. The maximum absolute atomic E-state index is 12.6. The number of benzene rings is 1. The third-order valence-electron chi connectivity index (χ3n) is 4.26. The number of fused-ring (bicyclic) bond motifs is 1.